The second kappa shape index (κ2) is 9.02. The topological polar surface area (TPSA) is 136 Å². The zero-order valence-corrected chi connectivity index (χ0v) is 17.6. The van der Waals surface area contributed by atoms with Gasteiger partial charge in [0.05, 0.1) is 10.4 Å². The maximum Gasteiger partial charge on any atom is 0.238 e. The van der Waals surface area contributed by atoms with Crippen LogP contribution in [0.5, 0.6) is 0 Å². The minimum Gasteiger partial charge on any atom is -0.404 e. The molecule has 0 saturated heterocycles. The molecule has 0 bridgehead atoms. The van der Waals surface area contributed by atoms with Gasteiger partial charge in [0, 0.05) is 41.8 Å². The van der Waals surface area contributed by atoms with E-state index in [1.54, 1.807) is 24.5 Å². The van der Waals surface area contributed by atoms with Crippen molar-refractivity contribution in [1.29, 1.82) is 0 Å². The van der Waals surface area contributed by atoms with E-state index in [0.717, 1.165) is 28.6 Å². The van der Waals surface area contributed by atoms with E-state index in [2.05, 4.69) is 34.1 Å². The van der Waals surface area contributed by atoms with E-state index in [1.165, 1.54) is 18.3 Å². The zero-order valence-electron chi connectivity index (χ0n) is 16.8. The maximum atomic E-state index is 11.3. The molecular formula is C21H24N6O2S. The third-order valence-electron chi connectivity index (χ3n) is 4.23. The highest BCUT2D eigenvalue weighted by molar-refractivity contribution is 7.89. The molecule has 0 aliphatic rings. The van der Waals surface area contributed by atoms with Crippen LogP contribution in [0.4, 0.5) is 11.6 Å². The van der Waals surface area contributed by atoms with Gasteiger partial charge in [0.25, 0.3) is 0 Å². The molecule has 30 heavy (non-hydrogen) atoms. The second-order valence-electron chi connectivity index (χ2n) is 7.17. The van der Waals surface area contributed by atoms with Gasteiger partial charge in [-0.25, -0.2) is 23.5 Å². The van der Waals surface area contributed by atoms with Crippen LogP contribution in [0.25, 0.3) is 16.5 Å². The number of primary sulfonamides is 1. The van der Waals surface area contributed by atoms with Gasteiger partial charge in [0.1, 0.15) is 0 Å². The van der Waals surface area contributed by atoms with Gasteiger partial charge in [-0.1, -0.05) is 19.9 Å². The van der Waals surface area contributed by atoms with Gasteiger partial charge in [-0.15, -0.1) is 0 Å². The number of allylic oxidation sites excluding steroid dienone is 1. The van der Waals surface area contributed by atoms with Crippen LogP contribution in [0, 0.1) is 5.92 Å². The molecule has 0 saturated carbocycles. The highest BCUT2D eigenvalue weighted by Gasteiger charge is 2.08. The van der Waals surface area contributed by atoms with Crippen LogP contribution in [0.1, 0.15) is 19.4 Å². The number of sulfonamides is 1. The van der Waals surface area contributed by atoms with E-state index in [1.807, 2.05) is 18.2 Å². The fourth-order valence-electron chi connectivity index (χ4n) is 2.71. The first kappa shape index (κ1) is 21.4. The van der Waals surface area contributed by atoms with E-state index in [-0.39, 0.29) is 4.90 Å². The molecule has 3 aromatic rings. The van der Waals surface area contributed by atoms with E-state index in [4.69, 9.17) is 10.9 Å². The van der Waals surface area contributed by atoms with Crippen molar-refractivity contribution in [3.63, 3.8) is 0 Å². The summed E-state index contributed by atoms with van der Waals surface area (Å²) in [6.07, 6.45) is 5.03. The Morgan fingerprint density at radius 1 is 1.20 bits per heavy atom. The van der Waals surface area contributed by atoms with Crippen LogP contribution in [0.3, 0.4) is 0 Å². The highest BCUT2D eigenvalue weighted by Crippen LogP contribution is 2.21. The molecule has 0 aliphatic heterocycles. The molecule has 0 radical (unpaired) electrons. The molecule has 2 aromatic carbocycles. The summed E-state index contributed by atoms with van der Waals surface area (Å²) in [5.41, 5.74) is 8.94. The fraction of sp³-hybridized carbons (Fsp3) is 0.190. The molecule has 1 heterocycles. The average molecular weight is 425 g/mol. The minimum atomic E-state index is -3.73. The lowest BCUT2D eigenvalue weighted by atomic mass is 10.1. The number of benzene rings is 2. The van der Waals surface area contributed by atoms with Gasteiger partial charge in [0.2, 0.25) is 16.0 Å². The number of hydrogen-bond donors (Lipinski definition) is 3. The van der Waals surface area contributed by atoms with Gasteiger partial charge in [0.15, 0.2) is 0 Å². The first-order chi connectivity index (χ1) is 14.3. The van der Waals surface area contributed by atoms with Gasteiger partial charge in [-0.05, 0) is 47.9 Å². The Kier molecular flexibility index (Phi) is 6.43. The number of rotatable bonds is 7. The second-order valence-corrected chi connectivity index (χ2v) is 8.73. The minimum absolute atomic E-state index is 0.0423. The predicted octanol–water partition coefficient (Wildman–Crippen LogP) is 3.05. The summed E-state index contributed by atoms with van der Waals surface area (Å²) in [5, 5.41) is 9.02. The Morgan fingerprint density at radius 2 is 1.93 bits per heavy atom. The summed E-state index contributed by atoms with van der Waals surface area (Å²) in [4.78, 5) is 13.3. The molecule has 0 fully saturated rings. The smallest absolute Gasteiger partial charge is 0.238 e. The lowest BCUT2D eigenvalue weighted by Crippen LogP contribution is -2.11. The Hall–Kier alpha value is -3.30. The molecule has 0 unspecified atom stereocenters. The third kappa shape index (κ3) is 5.40. The van der Waals surface area contributed by atoms with Crippen LogP contribution in [-0.2, 0) is 10.0 Å². The number of aliphatic imine (C=N–C) groups is 1. The number of nitrogens with two attached hydrogens (primary N) is 2. The summed E-state index contributed by atoms with van der Waals surface area (Å²) >= 11 is 0. The molecule has 0 spiro atoms. The Morgan fingerprint density at radius 3 is 2.57 bits per heavy atom. The third-order valence-corrected chi connectivity index (χ3v) is 5.16. The molecule has 1 aromatic heterocycles. The first-order valence-corrected chi connectivity index (χ1v) is 10.9. The molecular weight excluding hydrogens is 400 g/mol. The summed E-state index contributed by atoms with van der Waals surface area (Å²) in [5.74, 6) is 0.874. The number of fused-ring (bicyclic) bond motifs is 1. The zero-order chi connectivity index (χ0) is 21.7. The molecule has 5 N–H and O–H groups in total. The SMILES string of the molecule is CC(C)CN=CC(=CN)c1ccc2nc(Nc3ccc(S(N)(=O)=O)cc3)ncc2c1. The monoisotopic (exact) mass is 424 g/mol. The van der Waals surface area contributed by atoms with Crippen molar-refractivity contribution in [3.05, 3.63) is 60.4 Å². The van der Waals surface area contributed by atoms with E-state index in [0.29, 0.717) is 17.6 Å². The summed E-state index contributed by atoms with van der Waals surface area (Å²) in [7, 11) is -3.73. The van der Waals surface area contributed by atoms with Crippen LogP contribution in [-0.4, -0.2) is 31.1 Å². The van der Waals surface area contributed by atoms with Crippen molar-refractivity contribution in [2.24, 2.45) is 21.8 Å². The lowest BCUT2D eigenvalue weighted by molar-refractivity contribution is 0.598. The van der Waals surface area contributed by atoms with Crippen molar-refractivity contribution in [1.82, 2.24) is 9.97 Å². The predicted molar refractivity (Wildman–Crippen MR) is 121 cm³/mol. The molecule has 3 rings (SSSR count). The van der Waals surface area contributed by atoms with Crippen LogP contribution >= 0.6 is 0 Å². The van der Waals surface area contributed by atoms with E-state index >= 15 is 0 Å². The van der Waals surface area contributed by atoms with Gasteiger partial charge >= 0.3 is 0 Å². The molecule has 9 heteroatoms. The standard InChI is InChI=1S/C21H24N6O2S/c1-14(2)11-24-12-17(10-22)15-3-8-20-16(9-15)13-25-21(27-20)26-18-4-6-19(7-5-18)30(23,28)29/h3-10,12-14H,11,22H2,1-2H3,(H2,23,28,29)(H,25,26,27). The van der Waals surface area contributed by atoms with Crippen LogP contribution in [0.15, 0.2) is 64.7 Å². The van der Waals surface area contributed by atoms with Crippen LogP contribution < -0.4 is 16.2 Å². The summed E-state index contributed by atoms with van der Waals surface area (Å²) in [6, 6.07) is 11.8. The summed E-state index contributed by atoms with van der Waals surface area (Å²) < 4.78 is 22.7. The van der Waals surface area contributed by atoms with Crippen molar-refractivity contribution < 1.29 is 8.42 Å². The Balaban J connectivity index is 1.80. The first-order valence-electron chi connectivity index (χ1n) is 9.35. The van der Waals surface area contributed by atoms with Gasteiger partial charge in [-0.2, -0.15) is 0 Å². The number of anilines is 2. The highest BCUT2D eigenvalue weighted by atomic mass is 32.2. The molecule has 156 valence electrons. The van der Waals surface area contributed by atoms with Crippen molar-refractivity contribution in [3.8, 4) is 0 Å². The quantitative estimate of drug-likeness (QED) is 0.499. The molecule has 0 amide bonds. The maximum absolute atomic E-state index is 11.3. The fourth-order valence-corrected chi connectivity index (χ4v) is 3.22. The number of nitrogens with one attached hydrogen (secondary N) is 1. The number of nitrogens with zero attached hydrogens (tertiary/aromatic N) is 3. The van der Waals surface area contributed by atoms with Gasteiger partial charge < -0.3 is 11.1 Å². The summed E-state index contributed by atoms with van der Waals surface area (Å²) in [6.45, 7) is 4.95. The Labute approximate surface area is 175 Å². The number of aromatic nitrogens is 2. The van der Waals surface area contributed by atoms with Crippen LogP contribution in [0.2, 0.25) is 0 Å². The molecule has 8 nitrogen and oxygen atoms in total. The van der Waals surface area contributed by atoms with E-state index < -0.39 is 10.0 Å². The normalized spacial score (nSPS) is 12.7. The largest absolute Gasteiger partial charge is 0.404 e. The van der Waals surface area contributed by atoms with Crippen molar-refractivity contribution >= 4 is 44.3 Å². The van der Waals surface area contributed by atoms with Gasteiger partial charge in [-0.3, -0.25) is 4.99 Å². The number of hydrogen-bond acceptors (Lipinski definition) is 7. The Bertz CT molecular complexity index is 1200. The lowest BCUT2D eigenvalue weighted by Gasteiger charge is -2.08. The van der Waals surface area contributed by atoms with E-state index in [9.17, 15) is 8.42 Å². The van der Waals surface area contributed by atoms with Crippen molar-refractivity contribution in [2.45, 2.75) is 18.7 Å². The molecule has 0 aliphatic carbocycles. The molecule has 0 atom stereocenters. The average Bonchev–Trinajstić information content (AvgIpc) is 2.70. The van der Waals surface area contributed by atoms with Crippen molar-refractivity contribution in [2.75, 3.05) is 11.9 Å².